The fourth-order valence-electron chi connectivity index (χ4n) is 3.62. The van der Waals surface area contributed by atoms with Crippen LogP contribution in [0.4, 0.5) is 4.39 Å². The molecule has 1 atom stereocenters. The Kier molecular flexibility index (Phi) is 5.32. The Hall–Kier alpha value is -3.89. The van der Waals surface area contributed by atoms with Crippen molar-refractivity contribution in [3.63, 3.8) is 0 Å². The predicted octanol–water partition coefficient (Wildman–Crippen LogP) is 0.592. The first kappa shape index (κ1) is 20.4. The number of benzene rings is 1. The van der Waals surface area contributed by atoms with Crippen LogP contribution in [0.1, 0.15) is 44.9 Å². The number of aromatic nitrogens is 4. The number of hydrogen-bond acceptors (Lipinski definition) is 6. The highest BCUT2D eigenvalue weighted by Gasteiger charge is 2.34. The monoisotopic (exact) mass is 425 g/mol. The second-order valence-corrected chi connectivity index (χ2v) is 7.32. The number of carbonyl (C=O) groups is 3. The van der Waals surface area contributed by atoms with Crippen molar-refractivity contribution >= 4 is 23.5 Å². The molecule has 1 aromatic carbocycles. The van der Waals surface area contributed by atoms with Crippen molar-refractivity contribution in [1.82, 2.24) is 29.8 Å². The van der Waals surface area contributed by atoms with Crippen LogP contribution in [0.15, 0.2) is 30.6 Å². The van der Waals surface area contributed by atoms with Crippen LogP contribution in [-0.4, -0.2) is 54.8 Å². The van der Waals surface area contributed by atoms with Crippen molar-refractivity contribution in [2.45, 2.75) is 32.4 Å². The molecule has 0 aliphatic carbocycles. The second-order valence-electron chi connectivity index (χ2n) is 7.32. The number of nitrogens with one attached hydrogen (secondary N) is 1. The summed E-state index contributed by atoms with van der Waals surface area (Å²) in [6.07, 6.45) is 2.35. The molecule has 160 valence electrons. The van der Waals surface area contributed by atoms with E-state index in [-0.39, 0.29) is 29.5 Å². The van der Waals surface area contributed by atoms with Crippen LogP contribution in [0.2, 0.25) is 0 Å². The van der Waals surface area contributed by atoms with Gasteiger partial charge in [0, 0.05) is 19.2 Å². The molecule has 31 heavy (non-hydrogen) atoms. The van der Waals surface area contributed by atoms with E-state index >= 15 is 0 Å². The summed E-state index contributed by atoms with van der Waals surface area (Å²) in [6, 6.07) is 5.14. The van der Waals surface area contributed by atoms with Crippen LogP contribution in [-0.2, 0) is 11.3 Å². The van der Waals surface area contributed by atoms with E-state index in [4.69, 9.17) is 5.73 Å². The maximum Gasteiger partial charge on any atom is 0.273 e. The summed E-state index contributed by atoms with van der Waals surface area (Å²) >= 11 is 0. The van der Waals surface area contributed by atoms with Gasteiger partial charge in [0.2, 0.25) is 5.91 Å². The van der Waals surface area contributed by atoms with Gasteiger partial charge in [-0.05, 0) is 37.0 Å². The van der Waals surface area contributed by atoms with Crippen LogP contribution in [0.3, 0.4) is 0 Å². The largest absolute Gasteiger partial charge is 0.368 e. The maximum atomic E-state index is 13.4. The summed E-state index contributed by atoms with van der Waals surface area (Å²) < 4.78 is 14.6. The van der Waals surface area contributed by atoms with Gasteiger partial charge >= 0.3 is 0 Å². The van der Waals surface area contributed by atoms with Crippen molar-refractivity contribution < 1.29 is 18.8 Å². The zero-order valence-corrected chi connectivity index (χ0v) is 16.7. The van der Waals surface area contributed by atoms with Crippen molar-refractivity contribution in [2.75, 3.05) is 6.54 Å². The van der Waals surface area contributed by atoms with Gasteiger partial charge in [-0.2, -0.15) is 14.6 Å². The van der Waals surface area contributed by atoms with Crippen molar-refractivity contribution in [2.24, 2.45) is 5.73 Å². The molecule has 3 aromatic rings. The Morgan fingerprint density at radius 2 is 2.10 bits per heavy atom. The number of carbonyl (C=O) groups excluding carboxylic acids is 3. The zero-order valence-electron chi connectivity index (χ0n) is 16.7. The van der Waals surface area contributed by atoms with E-state index in [1.807, 2.05) is 0 Å². The summed E-state index contributed by atoms with van der Waals surface area (Å²) in [4.78, 5) is 47.0. The van der Waals surface area contributed by atoms with Crippen LogP contribution >= 0.6 is 0 Å². The van der Waals surface area contributed by atoms with E-state index in [9.17, 15) is 18.8 Å². The van der Waals surface area contributed by atoms with Gasteiger partial charge < -0.3 is 16.0 Å². The van der Waals surface area contributed by atoms with Crippen molar-refractivity contribution in [3.05, 3.63) is 58.9 Å². The molecular weight excluding hydrogens is 405 g/mol. The van der Waals surface area contributed by atoms with Gasteiger partial charge in [0.25, 0.3) is 17.6 Å². The summed E-state index contributed by atoms with van der Waals surface area (Å²) in [5.74, 6) is -1.85. The van der Waals surface area contributed by atoms with E-state index in [1.54, 1.807) is 19.1 Å². The molecule has 3 amide bonds. The first-order valence-corrected chi connectivity index (χ1v) is 9.69. The molecular formula is C20H20FN7O3. The van der Waals surface area contributed by atoms with E-state index in [0.29, 0.717) is 30.5 Å². The normalized spacial score (nSPS) is 15.9. The molecule has 1 aliphatic heterocycles. The minimum atomic E-state index is -0.710. The van der Waals surface area contributed by atoms with Gasteiger partial charge in [-0.1, -0.05) is 12.1 Å². The Morgan fingerprint density at radius 3 is 2.84 bits per heavy atom. The Labute approximate surface area is 176 Å². The minimum absolute atomic E-state index is 0.0301. The lowest BCUT2D eigenvalue weighted by atomic mass is 10.1. The maximum absolute atomic E-state index is 13.4. The number of primary amides is 1. The summed E-state index contributed by atoms with van der Waals surface area (Å²) in [6.45, 7) is 2.16. The molecule has 3 heterocycles. The Morgan fingerprint density at radius 1 is 1.29 bits per heavy atom. The van der Waals surface area contributed by atoms with E-state index < -0.39 is 23.8 Å². The van der Waals surface area contributed by atoms with Crippen LogP contribution in [0.5, 0.6) is 0 Å². The zero-order chi connectivity index (χ0) is 22.1. The first-order valence-electron chi connectivity index (χ1n) is 9.69. The first-order chi connectivity index (χ1) is 14.8. The molecule has 0 unspecified atom stereocenters. The molecule has 3 N–H and O–H groups in total. The number of halogens is 1. The molecule has 0 radical (unpaired) electrons. The number of rotatable bonds is 5. The van der Waals surface area contributed by atoms with Crippen LogP contribution in [0, 0.1) is 12.7 Å². The molecule has 0 spiro atoms. The Balaban J connectivity index is 1.60. The molecule has 1 fully saturated rings. The highest BCUT2D eigenvalue weighted by atomic mass is 19.1. The average Bonchev–Trinajstić information content (AvgIpc) is 3.42. The molecule has 1 saturated heterocycles. The van der Waals surface area contributed by atoms with Gasteiger partial charge in [-0.15, -0.1) is 0 Å². The Bertz CT molecular complexity index is 1190. The number of hydrogen-bond donors (Lipinski definition) is 2. The molecule has 0 bridgehead atoms. The molecule has 2 aromatic heterocycles. The third-order valence-electron chi connectivity index (χ3n) is 5.22. The SMILES string of the molecule is Cc1cc(CNC(=O)c2cc(C(=O)N3CCC[C@@H]3C(N)=O)n3ncnc3n2)ccc1F. The standard InChI is InChI=1S/C20H20FN7O3/c1-11-7-12(4-5-13(11)21)9-23-18(30)14-8-16(28-20(26-14)24-10-25-28)19(31)27-6-2-3-15(27)17(22)29/h4-5,7-8,10,15H,2-3,6,9H2,1H3,(H2,22,29)(H,23,30)/t15-/m1/s1. The topological polar surface area (TPSA) is 136 Å². The number of aryl methyl sites for hydroxylation is 1. The van der Waals surface area contributed by atoms with E-state index in [0.717, 1.165) is 0 Å². The third-order valence-corrected chi connectivity index (χ3v) is 5.22. The number of nitrogens with two attached hydrogens (primary N) is 1. The second kappa shape index (κ2) is 8.09. The van der Waals surface area contributed by atoms with Gasteiger partial charge in [-0.3, -0.25) is 14.4 Å². The third kappa shape index (κ3) is 3.93. The molecule has 11 heteroatoms. The molecule has 0 saturated carbocycles. The molecule has 1 aliphatic rings. The summed E-state index contributed by atoms with van der Waals surface area (Å²) in [5, 5.41) is 6.71. The lowest BCUT2D eigenvalue weighted by molar-refractivity contribution is -0.121. The van der Waals surface area contributed by atoms with Gasteiger partial charge in [0.1, 0.15) is 29.6 Å². The van der Waals surface area contributed by atoms with Gasteiger partial charge in [-0.25, -0.2) is 9.37 Å². The van der Waals surface area contributed by atoms with Crippen LogP contribution in [0.25, 0.3) is 5.78 Å². The minimum Gasteiger partial charge on any atom is -0.368 e. The fraction of sp³-hybridized carbons (Fsp3) is 0.300. The molecule has 4 rings (SSSR count). The van der Waals surface area contributed by atoms with Crippen molar-refractivity contribution in [3.8, 4) is 0 Å². The predicted molar refractivity (Wildman–Crippen MR) is 106 cm³/mol. The van der Waals surface area contributed by atoms with E-state index in [2.05, 4.69) is 20.4 Å². The van der Waals surface area contributed by atoms with Gasteiger partial charge in [0.05, 0.1) is 0 Å². The van der Waals surface area contributed by atoms with Crippen molar-refractivity contribution in [1.29, 1.82) is 0 Å². The average molecular weight is 425 g/mol. The quantitative estimate of drug-likeness (QED) is 0.614. The number of amides is 3. The summed E-state index contributed by atoms with van der Waals surface area (Å²) in [7, 11) is 0. The lowest BCUT2D eigenvalue weighted by Crippen LogP contribution is -2.44. The van der Waals surface area contributed by atoms with Crippen LogP contribution < -0.4 is 11.1 Å². The smallest absolute Gasteiger partial charge is 0.273 e. The number of likely N-dealkylation sites (tertiary alicyclic amines) is 1. The molecule has 10 nitrogen and oxygen atoms in total. The van der Waals surface area contributed by atoms with E-state index in [1.165, 1.54) is 27.9 Å². The fourth-order valence-corrected chi connectivity index (χ4v) is 3.62. The highest BCUT2D eigenvalue weighted by molar-refractivity contribution is 6.00. The van der Waals surface area contributed by atoms with Gasteiger partial charge in [0.15, 0.2) is 0 Å². The number of fused-ring (bicyclic) bond motifs is 1. The lowest BCUT2D eigenvalue weighted by Gasteiger charge is -2.22. The highest BCUT2D eigenvalue weighted by Crippen LogP contribution is 2.20. The number of nitrogens with zero attached hydrogens (tertiary/aromatic N) is 5. The summed E-state index contributed by atoms with van der Waals surface area (Å²) in [5.41, 5.74) is 6.63.